The van der Waals surface area contributed by atoms with E-state index in [9.17, 15) is 0 Å². The molecule has 0 saturated heterocycles. The fourth-order valence-electron chi connectivity index (χ4n) is 6.10. The summed E-state index contributed by atoms with van der Waals surface area (Å²) in [5.41, 5.74) is 4.51. The maximum atomic E-state index is 2.57. The smallest absolute Gasteiger partial charge is 0.0750 e. The van der Waals surface area contributed by atoms with E-state index in [1.165, 1.54) is 120 Å². The van der Waals surface area contributed by atoms with Crippen LogP contribution in [0.4, 0.5) is 0 Å². The third kappa shape index (κ3) is 11.2. The molecular formula is C36H54Si. The van der Waals surface area contributed by atoms with Crippen LogP contribution in [0.5, 0.6) is 0 Å². The number of rotatable bonds is 20. The molecular weight excluding hydrogens is 460 g/mol. The minimum absolute atomic E-state index is 0.398. The number of benzene rings is 2. The predicted molar refractivity (Wildman–Crippen MR) is 169 cm³/mol. The van der Waals surface area contributed by atoms with Crippen molar-refractivity contribution in [2.45, 2.75) is 123 Å². The molecule has 1 aliphatic rings. The summed E-state index contributed by atoms with van der Waals surface area (Å²) in [5.74, 6) is 0.675. The van der Waals surface area contributed by atoms with Gasteiger partial charge in [-0.05, 0) is 30.4 Å². The van der Waals surface area contributed by atoms with Crippen molar-refractivity contribution in [2.75, 3.05) is 0 Å². The van der Waals surface area contributed by atoms with Crippen molar-refractivity contribution in [1.82, 2.24) is 0 Å². The number of unbranched alkanes of at least 4 members (excludes halogenated alkanes) is 15. The third-order valence-electron chi connectivity index (χ3n) is 8.41. The molecule has 0 bridgehead atoms. The van der Waals surface area contributed by atoms with Crippen LogP contribution < -0.4 is 5.19 Å². The topological polar surface area (TPSA) is 0 Å². The molecule has 2 aromatic rings. The monoisotopic (exact) mass is 514 g/mol. The van der Waals surface area contributed by atoms with Crippen molar-refractivity contribution in [1.29, 1.82) is 0 Å². The molecule has 0 spiro atoms. The summed E-state index contributed by atoms with van der Waals surface area (Å²) < 4.78 is 0. The first-order valence-corrected chi connectivity index (χ1v) is 17.2. The molecule has 1 heteroatoms. The Morgan fingerprint density at radius 1 is 0.568 bits per heavy atom. The summed E-state index contributed by atoms with van der Waals surface area (Å²) in [4.78, 5) is 0. The Kier molecular flexibility index (Phi) is 14.8. The predicted octanol–water partition coefficient (Wildman–Crippen LogP) is 10.1. The van der Waals surface area contributed by atoms with Gasteiger partial charge in [-0.3, -0.25) is 0 Å². The Balaban J connectivity index is 1.30. The van der Waals surface area contributed by atoms with E-state index >= 15 is 0 Å². The van der Waals surface area contributed by atoms with E-state index in [-0.39, 0.29) is 0 Å². The lowest BCUT2D eigenvalue weighted by Crippen LogP contribution is -2.20. The molecule has 0 amide bonds. The first-order valence-electron chi connectivity index (χ1n) is 15.8. The minimum atomic E-state index is -0.398. The van der Waals surface area contributed by atoms with Crippen molar-refractivity contribution < 1.29 is 0 Å². The molecule has 1 unspecified atom stereocenters. The van der Waals surface area contributed by atoms with Gasteiger partial charge in [-0.2, -0.15) is 0 Å². The second-order valence-corrected chi connectivity index (χ2v) is 13.5. The van der Waals surface area contributed by atoms with Gasteiger partial charge in [0.2, 0.25) is 0 Å². The summed E-state index contributed by atoms with van der Waals surface area (Å²) in [6, 6.07) is 22.3. The highest BCUT2D eigenvalue weighted by Crippen LogP contribution is 2.39. The summed E-state index contributed by atoms with van der Waals surface area (Å²) in [7, 11) is -0.398. The van der Waals surface area contributed by atoms with Gasteiger partial charge in [-0.25, -0.2) is 0 Å². The molecule has 1 atom stereocenters. The molecule has 0 nitrogen and oxygen atoms in total. The Bertz CT molecular complexity index is 908. The van der Waals surface area contributed by atoms with Crippen LogP contribution in [0.3, 0.4) is 0 Å². The second kappa shape index (κ2) is 18.4. The fourth-order valence-corrected chi connectivity index (χ4v) is 8.14. The maximum absolute atomic E-state index is 2.57. The van der Waals surface area contributed by atoms with Crippen molar-refractivity contribution in [2.24, 2.45) is 5.92 Å². The van der Waals surface area contributed by atoms with Crippen LogP contribution in [0.2, 0.25) is 0 Å². The highest BCUT2D eigenvalue weighted by molar-refractivity contribution is 6.61. The van der Waals surface area contributed by atoms with Gasteiger partial charge in [-0.15, -0.1) is 0 Å². The molecule has 1 aliphatic carbocycles. The number of hydrogen-bond acceptors (Lipinski definition) is 0. The SMILES string of the molecule is CCCCCCCCCCCCCCCCCCC1C([SiH2]c2ccccc2)=CC(c2ccccc2)=C1C. The Hall–Kier alpha value is -1.86. The van der Waals surface area contributed by atoms with Crippen LogP contribution in [0.1, 0.15) is 129 Å². The molecule has 0 aliphatic heterocycles. The summed E-state index contributed by atoms with van der Waals surface area (Å²) in [6.45, 7) is 4.71. The molecule has 202 valence electrons. The van der Waals surface area contributed by atoms with E-state index in [2.05, 4.69) is 80.6 Å². The van der Waals surface area contributed by atoms with Crippen molar-refractivity contribution >= 4 is 20.3 Å². The fraction of sp³-hybridized carbons (Fsp3) is 0.556. The average molecular weight is 515 g/mol. The lowest BCUT2D eigenvalue weighted by molar-refractivity contribution is 0.519. The lowest BCUT2D eigenvalue weighted by atomic mass is 9.93. The molecule has 2 aromatic carbocycles. The van der Waals surface area contributed by atoms with E-state index in [4.69, 9.17) is 0 Å². The van der Waals surface area contributed by atoms with Crippen LogP contribution in [0.15, 0.2) is 77.5 Å². The summed E-state index contributed by atoms with van der Waals surface area (Å²) >= 11 is 0. The quantitative estimate of drug-likeness (QED) is 0.122. The Labute approximate surface area is 231 Å². The Morgan fingerprint density at radius 3 is 1.54 bits per heavy atom. The minimum Gasteiger partial charge on any atom is -0.0750 e. The maximum Gasteiger partial charge on any atom is 0.0832 e. The van der Waals surface area contributed by atoms with Crippen molar-refractivity contribution in [3.05, 3.63) is 83.1 Å². The third-order valence-corrected chi connectivity index (χ3v) is 10.4. The van der Waals surface area contributed by atoms with E-state index < -0.39 is 9.52 Å². The molecule has 37 heavy (non-hydrogen) atoms. The second-order valence-electron chi connectivity index (χ2n) is 11.5. The molecule has 0 aromatic heterocycles. The van der Waals surface area contributed by atoms with Gasteiger partial charge in [0, 0.05) is 0 Å². The van der Waals surface area contributed by atoms with E-state index in [0.717, 1.165) is 0 Å². The highest BCUT2D eigenvalue weighted by Gasteiger charge is 2.25. The normalized spacial score (nSPS) is 15.7. The van der Waals surface area contributed by atoms with Crippen LogP contribution in [0.25, 0.3) is 5.57 Å². The highest BCUT2D eigenvalue weighted by atomic mass is 28.2. The standard InChI is InChI=1S/C36H54Si/c1-3-4-5-6-7-8-9-10-11-12-13-14-15-16-17-24-29-34-31(2)35(32-25-20-18-21-26-32)30-36(34)37-33-27-22-19-23-28-33/h18-23,25-28,30,34H,3-17,24,29,37H2,1-2H3. The number of hydrogen-bond donors (Lipinski definition) is 0. The largest absolute Gasteiger partial charge is 0.0832 e. The van der Waals surface area contributed by atoms with Gasteiger partial charge in [0.25, 0.3) is 0 Å². The van der Waals surface area contributed by atoms with Gasteiger partial charge >= 0.3 is 0 Å². The Morgan fingerprint density at radius 2 is 1.03 bits per heavy atom. The van der Waals surface area contributed by atoms with Gasteiger partial charge in [0.15, 0.2) is 0 Å². The van der Waals surface area contributed by atoms with Crippen LogP contribution in [-0.2, 0) is 0 Å². The molecule has 3 rings (SSSR count). The zero-order valence-corrected chi connectivity index (χ0v) is 25.6. The average Bonchev–Trinajstić information content (AvgIpc) is 3.24. The molecule has 0 saturated carbocycles. The molecule has 0 radical (unpaired) electrons. The van der Waals surface area contributed by atoms with Crippen LogP contribution >= 0.6 is 0 Å². The van der Waals surface area contributed by atoms with Crippen molar-refractivity contribution in [3.8, 4) is 0 Å². The lowest BCUT2D eigenvalue weighted by Gasteiger charge is -2.18. The first kappa shape index (κ1) is 29.7. The molecule has 0 fully saturated rings. The van der Waals surface area contributed by atoms with Gasteiger partial charge in [0.1, 0.15) is 0 Å². The van der Waals surface area contributed by atoms with E-state index in [1.807, 2.05) is 0 Å². The zero-order chi connectivity index (χ0) is 26.0. The van der Waals surface area contributed by atoms with E-state index in [0.29, 0.717) is 5.92 Å². The van der Waals surface area contributed by atoms with Crippen molar-refractivity contribution in [3.63, 3.8) is 0 Å². The van der Waals surface area contributed by atoms with Gasteiger partial charge in [0.05, 0.1) is 9.52 Å². The number of allylic oxidation sites excluding steroid dienone is 4. The van der Waals surface area contributed by atoms with Gasteiger partial charge in [-0.1, -0.05) is 192 Å². The first-order chi connectivity index (χ1) is 18.3. The van der Waals surface area contributed by atoms with Crippen LogP contribution in [-0.4, -0.2) is 9.52 Å². The van der Waals surface area contributed by atoms with Gasteiger partial charge < -0.3 is 0 Å². The molecule has 0 heterocycles. The zero-order valence-electron chi connectivity index (χ0n) is 24.2. The summed E-state index contributed by atoms with van der Waals surface area (Å²) in [6.07, 6.45) is 27.0. The molecule has 0 N–H and O–H groups in total. The van der Waals surface area contributed by atoms with Crippen LogP contribution in [0, 0.1) is 5.92 Å². The van der Waals surface area contributed by atoms with E-state index in [1.54, 1.807) is 16.0 Å². The summed E-state index contributed by atoms with van der Waals surface area (Å²) in [5, 5.41) is 3.33.